The number of carbonyl (C=O) groups excluding carboxylic acids is 1. The van der Waals surface area contributed by atoms with Gasteiger partial charge < -0.3 is 15.1 Å². The van der Waals surface area contributed by atoms with Crippen LogP contribution < -0.4 is 0 Å². The van der Waals surface area contributed by atoms with E-state index in [1.807, 2.05) is 6.92 Å². The number of hydrogen-bond acceptors (Lipinski definition) is 3. The van der Waals surface area contributed by atoms with Crippen molar-refractivity contribution in [2.75, 3.05) is 19.7 Å². The molecule has 1 amide bonds. The molecule has 0 aromatic heterocycles. The van der Waals surface area contributed by atoms with Crippen LogP contribution in [-0.4, -0.2) is 46.7 Å². The molecule has 0 unspecified atom stereocenters. The summed E-state index contributed by atoms with van der Waals surface area (Å²) in [6.45, 7) is 3.00. The molecule has 5 nitrogen and oxygen atoms in total. The Morgan fingerprint density at radius 2 is 1.75 bits per heavy atom. The Morgan fingerprint density at radius 1 is 1.15 bits per heavy atom. The first-order chi connectivity index (χ1) is 9.55. The van der Waals surface area contributed by atoms with Gasteiger partial charge in [-0.25, -0.2) is 0 Å². The molecule has 2 N–H and O–H groups in total. The van der Waals surface area contributed by atoms with E-state index in [0.29, 0.717) is 32.4 Å². The van der Waals surface area contributed by atoms with E-state index in [1.165, 1.54) is 0 Å². The molecule has 0 spiro atoms. The quantitative estimate of drug-likeness (QED) is 0.702. The van der Waals surface area contributed by atoms with Crippen molar-refractivity contribution in [3.63, 3.8) is 0 Å². The van der Waals surface area contributed by atoms with Crippen LogP contribution in [-0.2, 0) is 9.59 Å². The molecule has 0 aliphatic heterocycles. The molecule has 0 aromatic carbocycles. The van der Waals surface area contributed by atoms with Crippen LogP contribution in [0.1, 0.15) is 58.3 Å². The highest BCUT2D eigenvalue weighted by Gasteiger charge is 2.41. The maximum absolute atomic E-state index is 12.4. The predicted octanol–water partition coefficient (Wildman–Crippen LogP) is 2.03. The monoisotopic (exact) mass is 285 g/mol. The van der Waals surface area contributed by atoms with Gasteiger partial charge in [-0.05, 0) is 26.2 Å². The van der Waals surface area contributed by atoms with Crippen molar-refractivity contribution in [3.8, 4) is 0 Å². The fourth-order valence-electron chi connectivity index (χ4n) is 2.99. The number of aliphatic carboxylic acids is 1. The molecule has 1 aliphatic carbocycles. The SMILES string of the molecule is CCN(CCCO)C(=O)CC1(C(=O)O)CCCCCC1. The van der Waals surface area contributed by atoms with E-state index in [4.69, 9.17) is 5.11 Å². The second-order valence-electron chi connectivity index (χ2n) is 5.73. The van der Waals surface area contributed by atoms with Crippen molar-refractivity contribution in [2.24, 2.45) is 5.41 Å². The molecule has 0 atom stereocenters. The van der Waals surface area contributed by atoms with Gasteiger partial charge in [0.1, 0.15) is 0 Å². The second-order valence-corrected chi connectivity index (χ2v) is 5.73. The molecular weight excluding hydrogens is 258 g/mol. The van der Waals surface area contributed by atoms with Gasteiger partial charge in [-0.1, -0.05) is 25.7 Å². The van der Waals surface area contributed by atoms with Crippen molar-refractivity contribution < 1.29 is 19.8 Å². The number of hydrogen-bond donors (Lipinski definition) is 2. The van der Waals surface area contributed by atoms with Gasteiger partial charge in [0.2, 0.25) is 5.91 Å². The number of rotatable bonds is 7. The highest BCUT2D eigenvalue weighted by molar-refractivity contribution is 5.85. The highest BCUT2D eigenvalue weighted by Crippen LogP contribution is 2.38. The van der Waals surface area contributed by atoms with Gasteiger partial charge in [0.25, 0.3) is 0 Å². The van der Waals surface area contributed by atoms with Crippen molar-refractivity contribution in [1.82, 2.24) is 4.90 Å². The zero-order chi connectivity index (χ0) is 15.0. The first kappa shape index (κ1) is 17.0. The van der Waals surface area contributed by atoms with E-state index in [2.05, 4.69) is 0 Å². The smallest absolute Gasteiger partial charge is 0.310 e. The second kappa shape index (κ2) is 8.25. The zero-order valence-corrected chi connectivity index (χ0v) is 12.4. The van der Waals surface area contributed by atoms with Crippen molar-refractivity contribution >= 4 is 11.9 Å². The van der Waals surface area contributed by atoms with Gasteiger partial charge in [-0.3, -0.25) is 9.59 Å². The Bertz CT molecular complexity index is 322. The molecular formula is C15H27NO4. The van der Waals surface area contributed by atoms with Crippen LogP contribution in [0.5, 0.6) is 0 Å². The van der Waals surface area contributed by atoms with E-state index in [-0.39, 0.29) is 18.9 Å². The summed E-state index contributed by atoms with van der Waals surface area (Å²) in [7, 11) is 0. The van der Waals surface area contributed by atoms with E-state index in [0.717, 1.165) is 25.7 Å². The summed E-state index contributed by atoms with van der Waals surface area (Å²) < 4.78 is 0. The normalized spacial score (nSPS) is 18.3. The molecule has 116 valence electrons. The fraction of sp³-hybridized carbons (Fsp3) is 0.867. The summed E-state index contributed by atoms with van der Waals surface area (Å²) in [5.74, 6) is -0.920. The third kappa shape index (κ3) is 4.47. The maximum Gasteiger partial charge on any atom is 0.310 e. The first-order valence-corrected chi connectivity index (χ1v) is 7.68. The number of carboxylic acids is 1. The van der Waals surface area contributed by atoms with Gasteiger partial charge >= 0.3 is 5.97 Å². The van der Waals surface area contributed by atoms with E-state index in [1.54, 1.807) is 4.90 Å². The summed E-state index contributed by atoms with van der Waals surface area (Å²) in [6, 6.07) is 0. The average Bonchev–Trinajstić information content (AvgIpc) is 2.66. The lowest BCUT2D eigenvalue weighted by Gasteiger charge is -2.30. The van der Waals surface area contributed by atoms with Crippen LogP contribution in [0.2, 0.25) is 0 Å². The largest absolute Gasteiger partial charge is 0.481 e. The van der Waals surface area contributed by atoms with Gasteiger partial charge in [-0.15, -0.1) is 0 Å². The number of nitrogens with zero attached hydrogens (tertiary/aromatic N) is 1. The summed E-state index contributed by atoms with van der Waals surface area (Å²) >= 11 is 0. The lowest BCUT2D eigenvalue weighted by atomic mass is 9.77. The van der Waals surface area contributed by atoms with Gasteiger partial charge in [0.05, 0.1) is 5.41 Å². The Labute approximate surface area is 121 Å². The van der Waals surface area contributed by atoms with Crippen LogP contribution in [0.15, 0.2) is 0 Å². The minimum absolute atomic E-state index is 0.0495. The van der Waals surface area contributed by atoms with Crippen molar-refractivity contribution in [3.05, 3.63) is 0 Å². The molecule has 0 radical (unpaired) electrons. The number of aliphatic hydroxyl groups excluding tert-OH is 1. The zero-order valence-electron chi connectivity index (χ0n) is 12.4. The Balaban J connectivity index is 2.73. The lowest BCUT2D eigenvalue weighted by molar-refractivity contribution is -0.154. The minimum atomic E-state index is -0.875. The summed E-state index contributed by atoms with van der Waals surface area (Å²) in [6.07, 6.45) is 5.75. The molecule has 1 saturated carbocycles. The molecule has 1 rings (SSSR count). The van der Waals surface area contributed by atoms with Crippen LogP contribution in [0.4, 0.5) is 0 Å². The van der Waals surface area contributed by atoms with Crippen molar-refractivity contribution in [1.29, 1.82) is 0 Å². The Morgan fingerprint density at radius 3 is 2.20 bits per heavy atom. The van der Waals surface area contributed by atoms with Crippen LogP contribution >= 0.6 is 0 Å². The van der Waals surface area contributed by atoms with Crippen LogP contribution in [0.3, 0.4) is 0 Å². The third-order valence-corrected chi connectivity index (χ3v) is 4.32. The minimum Gasteiger partial charge on any atom is -0.481 e. The Kier molecular flexibility index (Phi) is 6.99. The number of carbonyl (C=O) groups is 2. The van der Waals surface area contributed by atoms with Gasteiger partial charge in [0, 0.05) is 26.1 Å². The van der Waals surface area contributed by atoms with E-state index in [9.17, 15) is 14.7 Å². The molecule has 0 saturated heterocycles. The van der Waals surface area contributed by atoms with Gasteiger partial charge in [0.15, 0.2) is 0 Å². The van der Waals surface area contributed by atoms with Crippen LogP contribution in [0.25, 0.3) is 0 Å². The molecule has 20 heavy (non-hydrogen) atoms. The standard InChI is InChI=1S/C15H27NO4/c1-2-16(10-7-11-17)13(18)12-15(14(19)20)8-5-3-4-6-9-15/h17H,2-12H2,1H3,(H,19,20). The first-order valence-electron chi connectivity index (χ1n) is 7.68. The maximum atomic E-state index is 12.4. The summed E-state index contributed by atoms with van der Waals surface area (Å²) in [5.41, 5.74) is -0.875. The predicted molar refractivity (Wildman–Crippen MR) is 76.3 cm³/mol. The lowest BCUT2D eigenvalue weighted by Crippen LogP contribution is -2.40. The topological polar surface area (TPSA) is 77.8 Å². The summed E-state index contributed by atoms with van der Waals surface area (Å²) in [5, 5.41) is 18.4. The number of aliphatic hydroxyl groups is 1. The average molecular weight is 285 g/mol. The molecule has 1 aliphatic rings. The molecule has 0 aromatic rings. The van der Waals surface area contributed by atoms with Crippen molar-refractivity contribution in [2.45, 2.75) is 58.3 Å². The van der Waals surface area contributed by atoms with Crippen LogP contribution in [0, 0.1) is 5.41 Å². The molecule has 0 bridgehead atoms. The van der Waals surface area contributed by atoms with E-state index < -0.39 is 11.4 Å². The van der Waals surface area contributed by atoms with Gasteiger partial charge in [-0.2, -0.15) is 0 Å². The Hall–Kier alpha value is -1.10. The molecule has 5 heteroatoms. The fourth-order valence-corrected chi connectivity index (χ4v) is 2.99. The highest BCUT2D eigenvalue weighted by atomic mass is 16.4. The molecule has 1 fully saturated rings. The number of amides is 1. The molecule has 0 heterocycles. The summed E-state index contributed by atoms with van der Waals surface area (Å²) in [4.78, 5) is 25.7. The van der Waals surface area contributed by atoms with E-state index >= 15 is 0 Å². The third-order valence-electron chi connectivity index (χ3n) is 4.32. The number of carboxylic acid groups (broad SMARTS) is 1.